The number of hydrogen-bond acceptors (Lipinski definition) is 3. The van der Waals surface area contributed by atoms with E-state index < -0.39 is 0 Å². The van der Waals surface area contributed by atoms with Gasteiger partial charge in [0.25, 0.3) is 0 Å². The Hall–Kier alpha value is -0.900. The lowest BCUT2D eigenvalue weighted by molar-refractivity contribution is 0.299. The van der Waals surface area contributed by atoms with Gasteiger partial charge in [-0.05, 0) is 31.7 Å². The smallest absolute Gasteiger partial charge is 0.0692 e. The molecule has 1 aliphatic rings. The molecule has 0 aliphatic heterocycles. The molecule has 0 saturated heterocycles. The molecule has 4 nitrogen and oxygen atoms in total. The number of nitrogens with zero attached hydrogens (tertiary/aromatic N) is 3. The highest BCUT2D eigenvalue weighted by Gasteiger charge is 2.17. The molecule has 2 rings (SSSR count). The molecule has 1 fully saturated rings. The van der Waals surface area contributed by atoms with Crippen molar-refractivity contribution in [2.45, 2.75) is 51.6 Å². The minimum Gasteiger partial charge on any atom is -0.314 e. The standard InChI is InChI=1S/C12H22N4/c1-11-4-2-5-12(10-11)13-6-3-8-16-9-7-14-15-16/h7,9,11-13H,2-6,8,10H2,1H3. The van der Waals surface area contributed by atoms with Crippen molar-refractivity contribution < 1.29 is 0 Å². The van der Waals surface area contributed by atoms with Gasteiger partial charge in [0.1, 0.15) is 0 Å². The number of aryl methyl sites for hydroxylation is 1. The van der Waals surface area contributed by atoms with Crippen LogP contribution in [0.5, 0.6) is 0 Å². The summed E-state index contributed by atoms with van der Waals surface area (Å²) in [6, 6.07) is 0.750. The van der Waals surface area contributed by atoms with E-state index in [2.05, 4.69) is 22.6 Å². The molecule has 1 aromatic heterocycles. The molecule has 0 spiro atoms. The Labute approximate surface area is 97.4 Å². The zero-order chi connectivity index (χ0) is 11.2. The summed E-state index contributed by atoms with van der Waals surface area (Å²) in [5, 5.41) is 11.4. The molecule has 1 aliphatic carbocycles. The minimum atomic E-state index is 0.750. The van der Waals surface area contributed by atoms with Crippen molar-refractivity contribution in [2.24, 2.45) is 5.92 Å². The summed E-state index contributed by atoms with van der Waals surface area (Å²) in [7, 11) is 0. The van der Waals surface area contributed by atoms with Crippen molar-refractivity contribution in [3.05, 3.63) is 12.4 Å². The summed E-state index contributed by atoms with van der Waals surface area (Å²) in [5.41, 5.74) is 0. The van der Waals surface area contributed by atoms with E-state index in [0.717, 1.165) is 31.5 Å². The molecular weight excluding hydrogens is 200 g/mol. The first-order valence-corrected chi connectivity index (χ1v) is 6.42. The zero-order valence-electron chi connectivity index (χ0n) is 10.1. The molecule has 1 heterocycles. The summed E-state index contributed by atoms with van der Waals surface area (Å²) in [5.74, 6) is 0.904. The maximum Gasteiger partial charge on any atom is 0.0692 e. The van der Waals surface area contributed by atoms with Gasteiger partial charge in [0.2, 0.25) is 0 Å². The fourth-order valence-electron chi connectivity index (χ4n) is 2.52. The van der Waals surface area contributed by atoms with Crippen molar-refractivity contribution >= 4 is 0 Å². The molecule has 2 unspecified atom stereocenters. The molecule has 16 heavy (non-hydrogen) atoms. The van der Waals surface area contributed by atoms with E-state index in [1.165, 1.54) is 25.7 Å². The molecular formula is C12H22N4. The van der Waals surface area contributed by atoms with Crippen LogP contribution in [0.2, 0.25) is 0 Å². The van der Waals surface area contributed by atoms with E-state index in [-0.39, 0.29) is 0 Å². The summed E-state index contributed by atoms with van der Waals surface area (Å²) in [6.45, 7) is 4.43. The van der Waals surface area contributed by atoms with Crippen molar-refractivity contribution in [3.8, 4) is 0 Å². The molecule has 0 radical (unpaired) electrons. The highest BCUT2D eigenvalue weighted by atomic mass is 15.4. The first-order chi connectivity index (χ1) is 7.84. The molecule has 1 saturated carbocycles. The molecule has 90 valence electrons. The average molecular weight is 222 g/mol. The van der Waals surface area contributed by atoms with Crippen LogP contribution in [0.4, 0.5) is 0 Å². The van der Waals surface area contributed by atoms with Gasteiger partial charge in [0.15, 0.2) is 0 Å². The quantitative estimate of drug-likeness (QED) is 0.773. The van der Waals surface area contributed by atoms with Gasteiger partial charge < -0.3 is 5.32 Å². The van der Waals surface area contributed by atoms with E-state index >= 15 is 0 Å². The van der Waals surface area contributed by atoms with Crippen LogP contribution in [0.25, 0.3) is 0 Å². The average Bonchev–Trinajstić information content (AvgIpc) is 2.77. The Morgan fingerprint density at radius 1 is 1.44 bits per heavy atom. The van der Waals surface area contributed by atoms with Crippen LogP contribution in [0.1, 0.15) is 39.0 Å². The summed E-state index contributed by atoms with van der Waals surface area (Å²) < 4.78 is 1.89. The second kappa shape index (κ2) is 5.99. The van der Waals surface area contributed by atoms with Gasteiger partial charge in [-0.25, -0.2) is 0 Å². The summed E-state index contributed by atoms with van der Waals surface area (Å²) in [6.07, 6.45) is 10.3. The molecule has 2 atom stereocenters. The SMILES string of the molecule is CC1CCCC(NCCCn2ccnn2)C1. The molecule has 0 aromatic carbocycles. The van der Waals surface area contributed by atoms with Crippen LogP contribution in [0, 0.1) is 5.92 Å². The maximum atomic E-state index is 3.95. The lowest BCUT2D eigenvalue weighted by Crippen LogP contribution is -2.34. The van der Waals surface area contributed by atoms with Crippen molar-refractivity contribution in [2.75, 3.05) is 6.54 Å². The predicted octanol–water partition coefficient (Wildman–Crippen LogP) is 1.84. The normalized spacial score (nSPS) is 25.8. The summed E-state index contributed by atoms with van der Waals surface area (Å²) >= 11 is 0. The molecule has 0 bridgehead atoms. The van der Waals surface area contributed by atoms with E-state index in [9.17, 15) is 0 Å². The van der Waals surface area contributed by atoms with E-state index in [1.54, 1.807) is 6.20 Å². The van der Waals surface area contributed by atoms with Gasteiger partial charge in [-0.3, -0.25) is 4.68 Å². The number of rotatable bonds is 5. The lowest BCUT2D eigenvalue weighted by Gasteiger charge is -2.27. The van der Waals surface area contributed by atoms with Gasteiger partial charge >= 0.3 is 0 Å². The van der Waals surface area contributed by atoms with Crippen LogP contribution < -0.4 is 5.32 Å². The first-order valence-electron chi connectivity index (χ1n) is 6.42. The van der Waals surface area contributed by atoms with Gasteiger partial charge in [0, 0.05) is 18.8 Å². The van der Waals surface area contributed by atoms with Crippen LogP contribution in [0.3, 0.4) is 0 Å². The second-order valence-electron chi connectivity index (χ2n) is 4.94. The minimum absolute atomic E-state index is 0.750. The topological polar surface area (TPSA) is 42.7 Å². The first kappa shape index (κ1) is 11.6. The van der Waals surface area contributed by atoms with Crippen molar-refractivity contribution in [1.82, 2.24) is 20.3 Å². The Morgan fingerprint density at radius 2 is 2.38 bits per heavy atom. The van der Waals surface area contributed by atoms with Crippen molar-refractivity contribution in [3.63, 3.8) is 0 Å². The number of hydrogen-bond donors (Lipinski definition) is 1. The molecule has 4 heteroatoms. The highest BCUT2D eigenvalue weighted by Crippen LogP contribution is 2.23. The summed E-state index contributed by atoms with van der Waals surface area (Å²) in [4.78, 5) is 0. The Kier molecular flexibility index (Phi) is 4.34. The fourth-order valence-corrected chi connectivity index (χ4v) is 2.52. The predicted molar refractivity (Wildman–Crippen MR) is 64.1 cm³/mol. The Bertz CT molecular complexity index is 283. The van der Waals surface area contributed by atoms with Crippen LogP contribution in [-0.2, 0) is 6.54 Å². The zero-order valence-corrected chi connectivity index (χ0v) is 10.1. The highest BCUT2D eigenvalue weighted by molar-refractivity contribution is 4.75. The van der Waals surface area contributed by atoms with Gasteiger partial charge in [-0.1, -0.05) is 25.0 Å². The molecule has 1 aromatic rings. The van der Waals surface area contributed by atoms with E-state index in [4.69, 9.17) is 0 Å². The largest absolute Gasteiger partial charge is 0.314 e. The van der Waals surface area contributed by atoms with Gasteiger partial charge in [-0.2, -0.15) is 0 Å². The Morgan fingerprint density at radius 3 is 3.12 bits per heavy atom. The van der Waals surface area contributed by atoms with Crippen LogP contribution >= 0.6 is 0 Å². The van der Waals surface area contributed by atoms with E-state index in [0.29, 0.717) is 0 Å². The van der Waals surface area contributed by atoms with Gasteiger partial charge in [0.05, 0.1) is 6.20 Å². The number of aromatic nitrogens is 3. The third-order valence-corrected chi connectivity index (χ3v) is 3.41. The van der Waals surface area contributed by atoms with Crippen LogP contribution in [-0.4, -0.2) is 27.6 Å². The molecule has 1 N–H and O–H groups in total. The Balaban J connectivity index is 1.57. The van der Waals surface area contributed by atoms with Crippen molar-refractivity contribution in [1.29, 1.82) is 0 Å². The third-order valence-electron chi connectivity index (χ3n) is 3.41. The molecule has 0 amide bonds. The lowest BCUT2D eigenvalue weighted by atomic mass is 9.87. The monoisotopic (exact) mass is 222 g/mol. The fraction of sp³-hybridized carbons (Fsp3) is 0.833. The maximum absolute atomic E-state index is 3.95. The van der Waals surface area contributed by atoms with E-state index in [1.807, 2.05) is 10.9 Å². The van der Waals surface area contributed by atoms with Gasteiger partial charge in [-0.15, -0.1) is 5.10 Å². The second-order valence-corrected chi connectivity index (χ2v) is 4.94. The number of nitrogens with one attached hydrogen (secondary N) is 1. The third kappa shape index (κ3) is 3.59. The van der Waals surface area contributed by atoms with Crippen LogP contribution in [0.15, 0.2) is 12.4 Å².